The van der Waals surface area contributed by atoms with Crippen LogP contribution in [0.25, 0.3) is 5.69 Å². The molecule has 2 rings (SSSR count). The van der Waals surface area contributed by atoms with Crippen LogP contribution in [0.2, 0.25) is 0 Å². The van der Waals surface area contributed by atoms with E-state index in [-0.39, 0.29) is 0 Å². The molecule has 0 atom stereocenters. The molecule has 2 aromatic rings. The summed E-state index contributed by atoms with van der Waals surface area (Å²) < 4.78 is 8.21. The molecule has 0 N–H and O–H groups in total. The van der Waals surface area contributed by atoms with Gasteiger partial charge in [-0.3, -0.25) is 0 Å². The lowest BCUT2D eigenvalue weighted by atomic mass is 10.2. The Morgan fingerprint density at radius 1 is 1.00 bits per heavy atom. The van der Waals surface area contributed by atoms with Gasteiger partial charge in [0.15, 0.2) is 0 Å². The van der Waals surface area contributed by atoms with Crippen molar-refractivity contribution < 1.29 is 4.74 Å². The fourth-order valence-electron chi connectivity index (χ4n) is 2.38. The number of benzene rings is 1. The summed E-state index contributed by atoms with van der Waals surface area (Å²) >= 11 is 0. The smallest absolute Gasteiger partial charge is 0.143 e. The third-order valence-electron chi connectivity index (χ3n) is 3.38. The van der Waals surface area contributed by atoms with Crippen LogP contribution >= 0.6 is 0 Å². The van der Waals surface area contributed by atoms with E-state index in [2.05, 4.69) is 61.7 Å². The molecule has 0 aliphatic rings. The minimum Gasteiger partial charge on any atom is -0.491 e. The highest BCUT2D eigenvalue weighted by Gasteiger charge is 2.09. The van der Waals surface area contributed by atoms with Crippen LogP contribution in [0.15, 0.2) is 36.4 Å². The van der Waals surface area contributed by atoms with Gasteiger partial charge in [-0.1, -0.05) is 12.1 Å². The molecule has 0 bridgehead atoms. The first-order valence-corrected chi connectivity index (χ1v) is 7.11. The highest BCUT2D eigenvalue weighted by atomic mass is 16.5. The number of rotatable bonds is 6. The van der Waals surface area contributed by atoms with Crippen molar-refractivity contribution in [3.63, 3.8) is 0 Å². The molecule has 0 fully saturated rings. The first kappa shape index (κ1) is 14.7. The van der Waals surface area contributed by atoms with Crippen LogP contribution in [0, 0.1) is 13.8 Å². The molecule has 0 aliphatic carbocycles. The number of ether oxygens (including phenoxy) is 1. The Morgan fingerprint density at radius 2 is 1.65 bits per heavy atom. The Balaban J connectivity index is 2.15. The van der Waals surface area contributed by atoms with Crippen molar-refractivity contribution in [2.24, 2.45) is 0 Å². The molecule has 1 heterocycles. The van der Waals surface area contributed by atoms with Gasteiger partial charge in [0.25, 0.3) is 0 Å². The quantitative estimate of drug-likeness (QED) is 0.750. The summed E-state index contributed by atoms with van der Waals surface area (Å²) in [5, 5.41) is 0. The second kappa shape index (κ2) is 6.62. The minimum absolute atomic E-state index is 0.745. The van der Waals surface area contributed by atoms with Crippen LogP contribution in [0.5, 0.6) is 5.75 Å². The Morgan fingerprint density at radius 3 is 2.30 bits per heavy atom. The normalized spacial score (nSPS) is 11.1. The van der Waals surface area contributed by atoms with Crippen molar-refractivity contribution in [2.45, 2.75) is 20.3 Å². The number of nitrogens with zero attached hydrogens (tertiary/aromatic N) is 2. The standard InChI is InChI=1S/C17H24N2O/c1-14-10-11-15(2)19(14)16-8-5-6-9-17(16)20-13-7-12-18(3)4/h5-6,8-11H,7,12-13H2,1-4H3. The van der Waals surface area contributed by atoms with E-state index in [4.69, 9.17) is 4.74 Å². The van der Waals surface area contributed by atoms with Gasteiger partial charge in [-0.25, -0.2) is 0 Å². The molecule has 1 aromatic carbocycles. The summed E-state index contributed by atoms with van der Waals surface area (Å²) in [4.78, 5) is 2.18. The van der Waals surface area contributed by atoms with E-state index in [1.807, 2.05) is 12.1 Å². The summed E-state index contributed by atoms with van der Waals surface area (Å²) in [6.45, 7) is 6.03. The molecule has 1 aromatic heterocycles. The fourth-order valence-corrected chi connectivity index (χ4v) is 2.38. The zero-order valence-corrected chi connectivity index (χ0v) is 12.9. The van der Waals surface area contributed by atoms with E-state index in [0.29, 0.717) is 0 Å². The molecule has 0 radical (unpaired) electrons. The zero-order valence-electron chi connectivity index (χ0n) is 12.9. The second-order valence-electron chi connectivity index (χ2n) is 5.42. The van der Waals surface area contributed by atoms with Crippen molar-refractivity contribution in [2.75, 3.05) is 27.2 Å². The van der Waals surface area contributed by atoms with E-state index < -0.39 is 0 Å². The van der Waals surface area contributed by atoms with E-state index >= 15 is 0 Å². The molecule has 0 amide bonds. The predicted octanol–water partition coefficient (Wildman–Crippen LogP) is 3.42. The molecule has 0 spiro atoms. The van der Waals surface area contributed by atoms with Gasteiger partial charge in [0.05, 0.1) is 12.3 Å². The summed E-state index contributed by atoms with van der Waals surface area (Å²) in [6.07, 6.45) is 1.03. The largest absolute Gasteiger partial charge is 0.491 e. The van der Waals surface area contributed by atoms with E-state index in [9.17, 15) is 0 Å². The zero-order chi connectivity index (χ0) is 14.5. The molecule has 0 aliphatic heterocycles. The SMILES string of the molecule is Cc1ccc(C)n1-c1ccccc1OCCCN(C)C. The van der Waals surface area contributed by atoms with Gasteiger partial charge in [-0.15, -0.1) is 0 Å². The predicted molar refractivity (Wildman–Crippen MR) is 83.9 cm³/mol. The van der Waals surface area contributed by atoms with Crippen molar-refractivity contribution in [1.29, 1.82) is 0 Å². The molecule has 0 unspecified atom stereocenters. The van der Waals surface area contributed by atoms with Crippen molar-refractivity contribution >= 4 is 0 Å². The van der Waals surface area contributed by atoms with Crippen molar-refractivity contribution in [1.82, 2.24) is 9.47 Å². The molecular formula is C17H24N2O. The number of hydrogen-bond donors (Lipinski definition) is 0. The molecule has 108 valence electrons. The van der Waals surface area contributed by atoms with Crippen LogP contribution in [0.1, 0.15) is 17.8 Å². The topological polar surface area (TPSA) is 17.4 Å². The lowest BCUT2D eigenvalue weighted by molar-refractivity contribution is 0.281. The molecule has 3 heteroatoms. The Hall–Kier alpha value is -1.74. The first-order valence-electron chi connectivity index (χ1n) is 7.11. The van der Waals surface area contributed by atoms with Gasteiger partial charge >= 0.3 is 0 Å². The minimum atomic E-state index is 0.745. The highest BCUT2D eigenvalue weighted by Crippen LogP contribution is 2.26. The molecular weight excluding hydrogens is 248 g/mol. The van der Waals surface area contributed by atoms with Gasteiger partial charge in [0.1, 0.15) is 5.75 Å². The number of hydrogen-bond acceptors (Lipinski definition) is 2. The number of aromatic nitrogens is 1. The number of para-hydroxylation sites is 2. The van der Waals surface area contributed by atoms with Gasteiger partial charge in [0.2, 0.25) is 0 Å². The van der Waals surface area contributed by atoms with Crippen LogP contribution in [0.4, 0.5) is 0 Å². The maximum Gasteiger partial charge on any atom is 0.143 e. The van der Waals surface area contributed by atoms with Gasteiger partial charge < -0.3 is 14.2 Å². The van der Waals surface area contributed by atoms with Crippen LogP contribution in [-0.4, -0.2) is 36.7 Å². The van der Waals surface area contributed by atoms with Crippen molar-refractivity contribution in [3.05, 3.63) is 47.8 Å². The average molecular weight is 272 g/mol. The molecule has 0 saturated heterocycles. The van der Waals surface area contributed by atoms with Crippen LogP contribution in [-0.2, 0) is 0 Å². The third-order valence-corrected chi connectivity index (χ3v) is 3.38. The van der Waals surface area contributed by atoms with E-state index in [1.165, 1.54) is 11.4 Å². The lowest BCUT2D eigenvalue weighted by Gasteiger charge is -2.16. The summed E-state index contributed by atoms with van der Waals surface area (Å²) in [7, 11) is 4.17. The van der Waals surface area contributed by atoms with Gasteiger partial charge in [-0.05, 0) is 58.6 Å². The van der Waals surface area contributed by atoms with Crippen LogP contribution < -0.4 is 4.74 Å². The Labute approximate surface area is 121 Å². The molecule has 20 heavy (non-hydrogen) atoms. The molecule has 3 nitrogen and oxygen atoms in total. The number of aryl methyl sites for hydroxylation is 2. The van der Waals surface area contributed by atoms with E-state index in [1.54, 1.807) is 0 Å². The molecule has 0 saturated carbocycles. The fraction of sp³-hybridized carbons (Fsp3) is 0.412. The average Bonchev–Trinajstić information content (AvgIpc) is 2.75. The Bertz CT molecular complexity index is 538. The first-order chi connectivity index (χ1) is 9.59. The monoisotopic (exact) mass is 272 g/mol. The van der Waals surface area contributed by atoms with E-state index in [0.717, 1.165) is 31.0 Å². The van der Waals surface area contributed by atoms with Crippen LogP contribution in [0.3, 0.4) is 0 Å². The third kappa shape index (κ3) is 3.42. The summed E-state index contributed by atoms with van der Waals surface area (Å²) in [5.74, 6) is 0.952. The van der Waals surface area contributed by atoms with Gasteiger partial charge in [-0.2, -0.15) is 0 Å². The second-order valence-corrected chi connectivity index (χ2v) is 5.42. The highest BCUT2D eigenvalue weighted by molar-refractivity contribution is 5.49. The van der Waals surface area contributed by atoms with Gasteiger partial charge in [0, 0.05) is 17.9 Å². The maximum atomic E-state index is 5.97. The van der Waals surface area contributed by atoms with Crippen molar-refractivity contribution in [3.8, 4) is 11.4 Å². The Kier molecular flexibility index (Phi) is 4.85. The lowest BCUT2D eigenvalue weighted by Crippen LogP contribution is -2.16. The maximum absolute atomic E-state index is 5.97. The summed E-state index contributed by atoms with van der Waals surface area (Å²) in [5.41, 5.74) is 3.58. The summed E-state index contributed by atoms with van der Waals surface area (Å²) in [6, 6.07) is 12.5.